The Kier molecular flexibility index (Phi) is 5.15. The van der Waals surface area contributed by atoms with E-state index in [1.807, 2.05) is 0 Å². The zero-order valence-corrected chi connectivity index (χ0v) is 10.5. The van der Waals surface area contributed by atoms with Gasteiger partial charge in [-0.15, -0.1) is 11.8 Å². The molecule has 1 aromatic rings. The molecule has 1 aromatic carbocycles. The average molecular weight is 267 g/mol. The predicted octanol–water partition coefficient (Wildman–Crippen LogP) is 2.39. The molecular formula is C12H11ClN2O3. The first-order valence-electron chi connectivity index (χ1n) is 5.18. The van der Waals surface area contributed by atoms with Crippen molar-refractivity contribution in [1.29, 1.82) is 0 Å². The molecule has 0 aliphatic carbocycles. The molecule has 0 bridgehead atoms. The van der Waals surface area contributed by atoms with Gasteiger partial charge in [0.2, 0.25) is 0 Å². The Morgan fingerprint density at radius 2 is 2.28 bits per heavy atom. The van der Waals surface area contributed by atoms with Crippen molar-refractivity contribution >= 4 is 23.2 Å². The van der Waals surface area contributed by atoms with Crippen LogP contribution in [0.5, 0.6) is 0 Å². The summed E-state index contributed by atoms with van der Waals surface area (Å²) in [5, 5.41) is 13.1. The van der Waals surface area contributed by atoms with Crippen LogP contribution in [0.15, 0.2) is 18.2 Å². The molecule has 0 aliphatic heterocycles. The molecule has 1 rings (SSSR count). The van der Waals surface area contributed by atoms with Crippen molar-refractivity contribution < 1.29 is 9.72 Å². The minimum Gasteiger partial charge on any atom is -0.351 e. The highest BCUT2D eigenvalue weighted by atomic mass is 35.5. The molecule has 0 aliphatic rings. The molecule has 1 amide bonds. The fraction of sp³-hybridized carbons (Fsp3) is 0.250. The number of carbonyl (C=O) groups excluding carboxylic acids is 1. The molecule has 1 N–H and O–H groups in total. The minimum absolute atomic E-state index is 0.0546. The van der Waals surface area contributed by atoms with Crippen molar-refractivity contribution in [2.45, 2.75) is 13.3 Å². The summed E-state index contributed by atoms with van der Waals surface area (Å²) in [5.74, 6) is 5.19. The zero-order valence-electron chi connectivity index (χ0n) is 9.70. The number of amides is 1. The second-order valence-corrected chi connectivity index (χ2v) is 3.76. The first-order valence-corrected chi connectivity index (χ1v) is 5.55. The summed E-state index contributed by atoms with van der Waals surface area (Å²) in [6.07, 6.45) is 0.558. The number of carbonyl (C=O) groups is 1. The maximum absolute atomic E-state index is 11.7. The van der Waals surface area contributed by atoms with Gasteiger partial charge in [0.15, 0.2) is 0 Å². The maximum atomic E-state index is 11.7. The number of rotatable bonds is 4. The van der Waals surface area contributed by atoms with Gasteiger partial charge in [-0.2, -0.15) is 0 Å². The number of hydrogen-bond acceptors (Lipinski definition) is 3. The van der Waals surface area contributed by atoms with E-state index in [0.717, 1.165) is 0 Å². The third-order valence-electron chi connectivity index (χ3n) is 2.12. The van der Waals surface area contributed by atoms with Crippen molar-refractivity contribution in [3.05, 3.63) is 38.9 Å². The molecule has 0 heterocycles. The Balaban J connectivity index is 2.71. The van der Waals surface area contributed by atoms with Gasteiger partial charge in [0.1, 0.15) is 5.02 Å². The van der Waals surface area contributed by atoms with Crippen molar-refractivity contribution in [2.75, 3.05) is 6.54 Å². The Morgan fingerprint density at radius 3 is 2.83 bits per heavy atom. The molecule has 0 saturated carbocycles. The highest BCUT2D eigenvalue weighted by Crippen LogP contribution is 2.24. The van der Waals surface area contributed by atoms with Crippen molar-refractivity contribution in [3.63, 3.8) is 0 Å². The van der Waals surface area contributed by atoms with Gasteiger partial charge < -0.3 is 5.32 Å². The first kappa shape index (κ1) is 14.0. The van der Waals surface area contributed by atoms with Crippen LogP contribution in [0.2, 0.25) is 5.02 Å². The van der Waals surface area contributed by atoms with Crippen LogP contribution in [0.3, 0.4) is 0 Å². The van der Waals surface area contributed by atoms with Gasteiger partial charge in [0.25, 0.3) is 11.6 Å². The van der Waals surface area contributed by atoms with E-state index in [1.54, 1.807) is 6.92 Å². The lowest BCUT2D eigenvalue weighted by molar-refractivity contribution is -0.384. The summed E-state index contributed by atoms with van der Waals surface area (Å²) in [6, 6.07) is 3.86. The fourth-order valence-corrected chi connectivity index (χ4v) is 1.51. The van der Waals surface area contributed by atoms with Gasteiger partial charge in [-0.3, -0.25) is 14.9 Å². The molecule has 0 unspecified atom stereocenters. The molecule has 5 nitrogen and oxygen atoms in total. The predicted molar refractivity (Wildman–Crippen MR) is 68.5 cm³/mol. The highest BCUT2D eigenvalue weighted by molar-refractivity contribution is 6.33. The van der Waals surface area contributed by atoms with E-state index < -0.39 is 4.92 Å². The van der Waals surface area contributed by atoms with Gasteiger partial charge in [-0.1, -0.05) is 11.6 Å². The highest BCUT2D eigenvalue weighted by Gasteiger charge is 2.14. The maximum Gasteiger partial charge on any atom is 0.287 e. The van der Waals surface area contributed by atoms with E-state index in [1.165, 1.54) is 18.2 Å². The van der Waals surface area contributed by atoms with Crippen molar-refractivity contribution in [2.24, 2.45) is 0 Å². The van der Waals surface area contributed by atoms with Crippen LogP contribution in [0.1, 0.15) is 23.7 Å². The van der Waals surface area contributed by atoms with Crippen molar-refractivity contribution in [1.82, 2.24) is 5.32 Å². The average Bonchev–Trinajstić information content (AvgIpc) is 2.33. The Hall–Kier alpha value is -2.06. The third-order valence-corrected chi connectivity index (χ3v) is 2.42. The molecular weight excluding hydrogens is 256 g/mol. The van der Waals surface area contributed by atoms with E-state index in [9.17, 15) is 14.9 Å². The summed E-state index contributed by atoms with van der Waals surface area (Å²) in [5.41, 5.74) is 0.0696. The van der Waals surface area contributed by atoms with Gasteiger partial charge in [0.05, 0.1) is 4.92 Å². The summed E-state index contributed by atoms with van der Waals surface area (Å²) in [6.45, 7) is 2.15. The van der Waals surface area contributed by atoms with Gasteiger partial charge in [0, 0.05) is 24.6 Å². The number of benzene rings is 1. The standard InChI is InChI=1S/C12H11ClN2O3/c1-2-3-4-7-14-12(16)9-5-6-11(15(17)18)10(13)8-9/h5-6,8H,4,7H2,1H3,(H,14,16). The Bertz CT molecular complexity index is 532. The zero-order chi connectivity index (χ0) is 13.5. The monoisotopic (exact) mass is 266 g/mol. The largest absolute Gasteiger partial charge is 0.351 e. The lowest BCUT2D eigenvalue weighted by Gasteiger charge is -2.03. The van der Waals surface area contributed by atoms with Gasteiger partial charge in [-0.25, -0.2) is 0 Å². The minimum atomic E-state index is -0.596. The lowest BCUT2D eigenvalue weighted by atomic mass is 10.2. The number of hydrogen-bond donors (Lipinski definition) is 1. The summed E-state index contributed by atoms with van der Waals surface area (Å²) >= 11 is 5.71. The molecule has 0 fully saturated rings. The second kappa shape index (κ2) is 6.62. The lowest BCUT2D eigenvalue weighted by Crippen LogP contribution is -2.24. The van der Waals surface area contributed by atoms with E-state index in [-0.39, 0.29) is 22.2 Å². The van der Waals surface area contributed by atoms with E-state index in [0.29, 0.717) is 13.0 Å². The van der Waals surface area contributed by atoms with Crippen LogP contribution in [0, 0.1) is 22.0 Å². The smallest absolute Gasteiger partial charge is 0.287 e. The van der Waals surface area contributed by atoms with Gasteiger partial charge in [-0.05, 0) is 19.1 Å². The van der Waals surface area contributed by atoms with Crippen LogP contribution in [-0.4, -0.2) is 17.4 Å². The topological polar surface area (TPSA) is 72.2 Å². The van der Waals surface area contributed by atoms with Crippen LogP contribution in [0.25, 0.3) is 0 Å². The van der Waals surface area contributed by atoms with E-state index in [2.05, 4.69) is 17.2 Å². The van der Waals surface area contributed by atoms with Crippen LogP contribution >= 0.6 is 11.6 Å². The molecule has 6 heteroatoms. The normalized spacial score (nSPS) is 9.22. The fourth-order valence-electron chi connectivity index (χ4n) is 1.26. The molecule has 0 spiro atoms. The molecule has 0 atom stereocenters. The number of halogens is 1. The molecule has 0 radical (unpaired) electrons. The second-order valence-electron chi connectivity index (χ2n) is 3.36. The quantitative estimate of drug-likeness (QED) is 0.394. The van der Waals surface area contributed by atoms with Crippen LogP contribution in [0.4, 0.5) is 5.69 Å². The Morgan fingerprint density at radius 1 is 1.56 bits per heavy atom. The molecule has 0 aromatic heterocycles. The summed E-state index contributed by atoms with van der Waals surface area (Å²) in [4.78, 5) is 21.6. The molecule has 94 valence electrons. The number of nitrogens with one attached hydrogen (secondary N) is 1. The molecule has 0 saturated heterocycles. The van der Waals surface area contributed by atoms with E-state index >= 15 is 0 Å². The number of nitro benzene ring substituents is 1. The number of nitro groups is 1. The summed E-state index contributed by atoms with van der Waals surface area (Å²) < 4.78 is 0. The van der Waals surface area contributed by atoms with Crippen LogP contribution in [-0.2, 0) is 0 Å². The third kappa shape index (κ3) is 3.75. The van der Waals surface area contributed by atoms with E-state index in [4.69, 9.17) is 11.6 Å². The summed E-state index contributed by atoms with van der Waals surface area (Å²) in [7, 11) is 0. The van der Waals surface area contributed by atoms with Crippen molar-refractivity contribution in [3.8, 4) is 11.8 Å². The first-order chi connectivity index (χ1) is 8.56. The molecule has 18 heavy (non-hydrogen) atoms. The Labute approximate surface area is 109 Å². The van der Waals surface area contributed by atoms with Crippen LogP contribution < -0.4 is 5.32 Å². The number of nitrogens with zero attached hydrogens (tertiary/aromatic N) is 1. The SMILES string of the molecule is CC#CCCNC(=O)c1ccc([N+](=O)[O-])c(Cl)c1. The van der Waals surface area contributed by atoms with Gasteiger partial charge >= 0.3 is 0 Å².